The summed E-state index contributed by atoms with van der Waals surface area (Å²) >= 11 is 1.29. The molecule has 8 nitrogen and oxygen atoms in total. The Balaban J connectivity index is 1.47. The van der Waals surface area contributed by atoms with Crippen LogP contribution in [0.1, 0.15) is 31.0 Å². The van der Waals surface area contributed by atoms with E-state index in [0.717, 1.165) is 11.1 Å². The van der Waals surface area contributed by atoms with E-state index in [0.29, 0.717) is 50.1 Å². The molecule has 1 amide bonds. The second kappa shape index (κ2) is 10.3. The third-order valence-corrected chi connectivity index (χ3v) is 7.48. The molecule has 4 aromatic rings. The van der Waals surface area contributed by atoms with Crippen molar-refractivity contribution in [2.45, 2.75) is 19.9 Å². The van der Waals surface area contributed by atoms with Gasteiger partial charge in [0.2, 0.25) is 6.79 Å². The van der Waals surface area contributed by atoms with Gasteiger partial charge in [-0.25, -0.2) is 4.99 Å². The zero-order valence-corrected chi connectivity index (χ0v) is 22.2. The molecule has 9 heteroatoms. The number of nitrogens with zero attached hydrogens (tertiary/aromatic N) is 2. The lowest BCUT2D eigenvalue weighted by molar-refractivity contribution is -0.113. The van der Waals surface area contributed by atoms with Crippen molar-refractivity contribution in [1.29, 1.82) is 0 Å². The van der Waals surface area contributed by atoms with Crippen LogP contribution in [-0.4, -0.2) is 23.9 Å². The summed E-state index contributed by atoms with van der Waals surface area (Å²) < 4.78 is 18.6. The van der Waals surface area contributed by atoms with Gasteiger partial charge in [0.05, 0.1) is 28.5 Å². The first kappa shape index (κ1) is 24.7. The largest absolute Gasteiger partial charge is 0.494 e. The summed E-state index contributed by atoms with van der Waals surface area (Å²) in [5.41, 5.74) is 2.98. The minimum atomic E-state index is -0.667. The smallest absolute Gasteiger partial charge is 0.271 e. The van der Waals surface area contributed by atoms with E-state index in [1.807, 2.05) is 85.8 Å². The molecule has 2 aliphatic rings. The fourth-order valence-corrected chi connectivity index (χ4v) is 5.76. The molecular weight excluding hydrogens is 514 g/mol. The number of para-hydroxylation sites is 1. The Morgan fingerprint density at radius 1 is 1.10 bits per heavy atom. The van der Waals surface area contributed by atoms with E-state index >= 15 is 0 Å². The molecule has 1 N–H and O–H groups in total. The van der Waals surface area contributed by atoms with Crippen LogP contribution in [0.15, 0.2) is 93.9 Å². The normalized spacial score (nSPS) is 16.1. The van der Waals surface area contributed by atoms with E-state index in [1.54, 1.807) is 11.5 Å². The van der Waals surface area contributed by atoms with Crippen LogP contribution < -0.4 is 34.4 Å². The average molecular weight is 540 g/mol. The van der Waals surface area contributed by atoms with Gasteiger partial charge in [-0.2, -0.15) is 0 Å². The van der Waals surface area contributed by atoms with Crippen LogP contribution in [0.4, 0.5) is 5.69 Å². The molecule has 2 aliphatic heterocycles. The monoisotopic (exact) mass is 539 g/mol. The highest BCUT2D eigenvalue weighted by Gasteiger charge is 2.32. The second-order valence-electron chi connectivity index (χ2n) is 9.02. The van der Waals surface area contributed by atoms with Crippen LogP contribution in [0.3, 0.4) is 0 Å². The van der Waals surface area contributed by atoms with Crippen molar-refractivity contribution in [3.05, 3.63) is 115 Å². The van der Waals surface area contributed by atoms with Gasteiger partial charge in [0.25, 0.3) is 11.5 Å². The number of rotatable bonds is 6. The predicted molar refractivity (Wildman–Crippen MR) is 149 cm³/mol. The quantitative estimate of drug-likeness (QED) is 0.400. The topological polar surface area (TPSA) is 91.2 Å². The van der Waals surface area contributed by atoms with Crippen molar-refractivity contribution >= 4 is 29.0 Å². The summed E-state index contributed by atoms with van der Waals surface area (Å²) in [5.74, 6) is 1.71. The molecule has 0 radical (unpaired) electrons. The highest BCUT2D eigenvalue weighted by molar-refractivity contribution is 7.07. The molecule has 3 heterocycles. The molecule has 1 atom stereocenters. The summed E-state index contributed by atoms with van der Waals surface area (Å²) in [5, 5.41) is 2.97. The van der Waals surface area contributed by atoms with Crippen LogP contribution in [0.2, 0.25) is 0 Å². The number of amides is 1. The maximum Gasteiger partial charge on any atom is 0.271 e. The van der Waals surface area contributed by atoms with Crippen molar-refractivity contribution in [3.63, 3.8) is 0 Å². The number of hydrogen-bond acceptors (Lipinski definition) is 7. The lowest BCUT2D eigenvalue weighted by atomic mass is 9.95. The standard InChI is InChI=1S/C30H25N3O5S/c1-3-36-22-12-10-20(11-13-22)27-26(28(34)32-21-7-5-4-6-8-21)18(2)31-30-33(27)29(35)25(39-30)16-19-9-14-23-24(15-19)38-17-37-23/h4-16,27H,3,17H2,1-2H3,(H,32,34)/b25-16-/t27-/m1/s1. The van der Waals surface area contributed by atoms with Gasteiger partial charge in [0, 0.05) is 5.69 Å². The van der Waals surface area contributed by atoms with E-state index in [1.165, 1.54) is 11.3 Å². The van der Waals surface area contributed by atoms with Crippen molar-refractivity contribution < 1.29 is 19.0 Å². The Bertz CT molecular complexity index is 1770. The molecular formula is C30H25N3O5S. The minimum absolute atomic E-state index is 0.177. The van der Waals surface area contributed by atoms with E-state index < -0.39 is 6.04 Å². The van der Waals surface area contributed by atoms with Gasteiger partial charge in [0.15, 0.2) is 16.3 Å². The molecule has 0 bridgehead atoms. The summed E-state index contributed by atoms with van der Waals surface area (Å²) in [6.45, 7) is 4.44. The van der Waals surface area contributed by atoms with E-state index in [4.69, 9.17) is 19.2 Å². The Morgan fingerprint density at radius 3 is 2.64 bits per heavy atom. The van der Waals surface area contributed by atoms with Crippen molar-refractivity contribution in [2.75, 3.05) is 18.7 Å². The fourth-order valence-electron chi connectivity index (χ4n) is 4.71. The highest BCUT2D eigenvalue weighted by atomic mass is 32.1. The number of carbonyl (C=O) groups excluding carboxylic acids is 1. The van der Waals surface area contributed by atoms with Crippen molar-refractivity contribution in [2.24, 2.45) is 4.99 Å². The molecule has 3 aromatic carbocycles. The Hall–Kier alpha value is -4.63. The molecule has 0 saturated carbocycles. The number of carbonyl (C=O) groups is 1. The average Bonchev–Trinajstić information content (AvgIpc) is 3.53. The van der Waals surface area contributed by atoms with Gasteiger partial charge >= 0.3 is 0 Å². The first-order valence-corrected chi connectivity index (χ1v) is 13.3. The van der Waals surface area contributed by atoms with Gasteiger partial charge in [-0.15, -0.1) is 0 Å². The molecule has 39 heavy (non-hydrogen) atoms. The predicted octanol–water partition coefficient (Wildman–Crippen LogP) is 4.00. The van der Waals surface area contributed by atoms with Gasteiger partial charge < -0.3 is 19.5 Å². The Kier molecular flexibility index (Phi) is 6.50. The van der Waals surface area contributed by atoms with Gasteiger partial charge in [-0.05, 0) is 67.4 Å². The molecule has 0 aliphatic carbocycles. The maximum atomic E-state index is 13.9. The number of ether oxygens (including phenoxy) is 3. The third-order valence-electron chi connectivity index (χ3n) is 6.50. The molecule has 0 spiro atoms. The van der Waals surface area contributed by atoms with Crippen LogP contribution in [-0.2, 0) is 4.79 Å². The molecule has 0 saturated heterocycles. The number of thiazole rings is 1. The number of nitrogens with one attached hydrogen (secondary N) is 1. The zero-order valence-electron chi connectivity index (χ0n) is 21.3. The molecule has 196 valence electrons. The number of hydrogen-bond donors (Lipinski definition) is 1. The van der Waals surface area contributed by atoms with Gasteiger partial charge in [0.1, 0.15) is 5.75 Å². The summed E-state index contributed by atoms with van der Waals surface area (Å²) in [6, 6.07) is 21.6. The highest BCUT2D eigenvalue weighted by Crippen LogP contribution is 2.33. The summed E-state index contributed by atoms with van der Waals surface area (Å²) in [6.07, 6.45) is 1.81. The summed E-state index contributed by atoms with van der Waals surface area (Å²) in [7, 11) is 0. The zero-order chi connectivity index (χ0) is 26.9. The lowest BCUT2D eigenvalue weighted by Crippen LogP contribution is -2.40. The number of fused-ring (bicyclic) bond motifs is 2. The third kappa shape index (κ3) is 4.72. The number of allylic oxidation sites excluding steroid dienone is 1. The number of aromatic nitrogens is 1. The fraction of sp³-hybridized carbons (Fsp3) is 0.167. The molecule has 0 unspecified atom stereocenters. The van der Waals surface area contributed by atoms with Gasteiger partial charge in [-0.3, -0.25) is 14.2 Å². The van der Waals surface area contributed by atoms with E-state index in [-0.39, 0.29) is 18.3 Å². The Labute approximate surface area is 228 Å². The Morgan fingerprint density at radius 2 is 1.87 bits per heavy atom. The van der Waals surface area contributed by atoms with Crippen LogP contribution >= 0.6 is 11.3 Å². The van der Waals surface area contributed by atoms with E-state index in [9.17, 15) is 9.59 Å². The first-order valence-electron chi connectivity index (χ1n) is 12.5. The molecule has 1 aromatic heterocycles. The maximum absolute atomic E-state index is 13.9. The molecule has 6 rings (SSSR count). The molecule has 0 fully saturated rings. The lowest BCUT2D eigenvalue weighted by Gasteiger charge is -2.25. The van der Waals surface area contributed by atoms with E-state index in [2.05, 4.69) is 5.32 Å². The van der Waals surface area contributed by atoms with Crippen LogP contribution in [0, 0.1) is 0 Å². The van der Waals surface area contributed by atoms with Crippen molar-refractivity contribution in [3.8, 4) is 17.2 Å². The first-order chi connectivity index (χ1) is 19.0. The number of benzene rings is 3. The van der Waals surface area contributed by atoms with Crippen LogP contribution in [0.25, 0.3) is 6.08 Å². The minimum Gasteiger partial charge on any atom is -0.494 e. The number of anilines is 1. The second-order valence-corrected chi connectivity index (χ2v) is 10.0. The summed E-state index contributed by atoms with van der Waals surface area (Å²) in [4.78, 5) is 32.8. The SMILES string of the molecule is CCOc1ccc([C@@H]2C(C(=O)Nc3ccccc3)=C(C)N=c3s/c(=C\c4ccc5c(c4)OCO5)c(=O)n32)cc1. The van der Waals surface area contributed by atoms with Crippen LogP contribution in [0.5, 0.6) is 17.2 Å². The van der Waals surface area contributed by atoms with Gasteiger partial charge in [-0.1, -0.05) is 47.7 Å². The van der Waals surface area contributed by atoms with Crippen molar-refractivity contribution in [1.82, 2.24) is 4.57 Å².